The van der Waals surface area contributed by atoms with Gasteiger partial charge in [-0.1, -0.05) is 76.5 Å². The number of allylic oxidation sites excluding steroid dienone is 6. The summed E-state index contributed by atoms with van der Waals surface area (Å²) in [6.45, 7) is 7.20. The molecule has 1 N–H and O–H groups in total. The Balaban J connectivity index is 3.31. The third kappa shape index (κ3) is 18.7. The van der Waals surface area contributed by atoms with Gasteiger partial charge < -0.3 is 5.32 Å². The average molecular weight is 334 g/mol. The van der Waals surface area contributed by atoms with Gasteiger partial charge in [-0.25, -0.2) is 0 Å². The molecule has 0 aliphatic rings. The molecule has 0 unspecified atom stereocenters. The second-order valence-corrected chi connectivity index (χ2v) is 6.80. The number of hydrogen-bond donors (Lipinski definition) is 1. The van der Waals surface area contributed by atoms with Gasteiger partial charge in [-0.05, 0) is 44.4 Å². The Morgan fingerprint density at radius 1 is 0.833 bits per heavy atom. The molecule has 0 radical (unpaired) electrons. The third-order valence-electron chi connectivity index (χ3n) is 3.76. The largest absolute Gasteiger partial charge is 0.356 e. The molecule has 1 amide bonds. The van der Waals surface area contributed by atoms with E-state index in [1.807, 2.05) is 0 Å². The van der Waals surface area contributed by atoms with Gasteiger partial charge in [0, 0.05) is 13.0 Å². The normalized spacial score (nSPS) is 12.2. The van der Waals surface area contributed by atoms with Crippen molar-refractivity contribution in [2.75, 3.05) is 6.54 Å². The molecule has 0 aromatic rings. The van der Waals surface area contributed by atoms with Gasteiger partial charge in [0.05, 0.1) is 0 Å². The smallest absolute Gasteiger partial charge is 0.220 e. The van der Waals surface area contributed by atoms with Crippen LogP contribution >= 0.6 is 0 Å². The first-order chi connectivity index (χ1) is 11.7. The predicted octanol–water partition coefficient (Wildman–Crippen LogP) is 6.35. The molecule has 0 atom stereocenters. The molecule has 0 aliphatic carbocycles. The van der Waals surface area contributed by atoms with E-state index in [9.17, 15) is 4.79 Å². The van der Waals surface area contributed by atoms with Crippen LogP contribution in [0, 0.1) is 5.92 Å². The maximum atomic E-state index is 11.6. The summed E-state index contributed by atoms with van der Waals surface area (Å²) in [4.78, 5) is 11.6. The van der Waals surface area contributed by atoms with Crippen molar-refractivity contribution in [1.82, 2.24) is 5.32 Å². The standard InChI is InChI=1S/C22H39NO/c1-4-5-6-7-8-9-10-11-12-13-14-15-16-17-18-19-22(24)23-20-21(2)3/h5-6,8-9,11-12,21H,4,7,10,13-20H2,1-3H3,(H,23,24). The Kier molecular flexibility index (Phi) is 17.1. The quantitative estimate of drug-likeness (QED) is 0.274. The van der Waals surface area contributed by atoms with Gasteiger partial charge in [0.2, 0.25) is 5.91 Å². The predicted molar refractivity (Wildman–Crippen MR) is 107 cm³/mol. The molecule has 0 saturated heterocycles. The summed E-state index contributed by atoms with van der Waals surface area (Å²) in [6, 6.07) is 0. The summed E-state index contributed by atoms with van der Waals surface area (Å²) >= 11 is 0. The van der Waals surface area contributed by atoms with E-state index in [1.165, 1.54) is 32.1 Å². The third-order valence-corrected chi connectivity index (χ3v) is 3.76. The van der Waals surface area contributed by atoms with Crippen LogP contribution in [0.1, 0.15) is 85.0 Å². The average Bonchev–Trinajstić information content (AvgIpc) is 2.56. The highest BCUT2D eigenvalue weighted by atomic mass is 16.1. The van der Waals surface area contributed by atoms with Crippen molar-refractivity contribution in [2.45, 2.75) is 85.0 Å². The zero-order valence-corrected chi connectivity index (χ0v) is 16.2. The molecular weight excluding hydrogens is 294 g/mol. The Labute approximate surface area is 150 Å². The summed E-state index contributed by atoms with van der Waals surface area (Å²) in [5.74, 6) is 0.750. The van der Waals surface area contributed by atoms with E-state index in [0.29, 0.717) is 12.3 Å². The van der Waals surface area contributed by atoms with Crippen molar-refractivity contribution in [3.63, 3.8) is 0 Å². The second-order valence-electron chi connectivity index (χ2n) is 6.80. The fraction of sp³-hybridized carbons (Fsp3) is 0.682. The van der Waals surface area contributed by atoms with E-state index in [4.69, 9.17) is 0 Å². The highest BCUT2D eigenvalue weighted by molar-refractivity contribution is 5.75. The van der Waals surface area contributed by atoms with Crippen LogP contribution in [-0.4, -0.2) is 12.5 Å². The van der Waals surface area contributed by atoms with Gasteiger partial charge in [-0.2, -0.15) is 0 Å². The number of hydrogen-bond acceptors (Lipinski definition) is 1. The summed E-state index contributed by atoms with van der Waals surface area (Å²) < 4.78 is 0. The van der Waals surface area contributed by atoms with Gasteiger partial charge in [0.25, 0.3) is 0 Å². The number of carbonyl (C=O) groups is 1. The number of amides is 1. The Morgan fingerprint density at radius 3 is 2.08 bits per heavy atom. The van der Waals surface area contributed by atoms with Gasteiger partial charge in [0.15, 0.2) is 0 Å². The van der Waals surface area contributed by atoms with Crippen LogP contribution in [0.5, 0.6) is 0 Å². The lowest BCUT2D eigenvalue weighted by molar-refractivity contribution is -0.121. The minimum atomic E-state index is 0.213. The lowest BCUT2D eigenvalue weighted by atomic mass is 10.1. The first-order valence-corrected chi connectivity index (χ1v) is 9.88. The second kappa shape index (κ2) is 18.0. The Hall–Kier alpha value is -1.31. The lowest BCUT2D eigenvalue weighted by Crippen LogP contribution is -2.26. The molecule has 24 heavy (non-hydrogen) atoms. The summed E-state index contributed by atoms with van der Waals surface area (Å²) in [5, 5.41) is 2.97. The van der Waals surface area contributed by atoms with Gasteiger partial charge in [-0.3, -0.25) is 4.79 Å². The van der Waals surface area contributed by atoms with Gasteiger partial charge in [0.1, 0.15) is 0 Å². The zero-order valence-electron chi connectivity index (χ0n) is 16.2. The molecule has 0 rings (SSSR count). The fourth-order valence-electron chi connectivity index (χ4n) is 2.31. The topological polar surface area (TPSA) is 29.1 Å². The number of unbranched alkanes of at least 4 members (excludes halogenated alkanes) is 5. The number of nitrogens with one attached hydrogen (secondary N) is 1. The van der Waals surface area contributed by atoms with Crippen LogP contribution in [0.15, 0.2) is 36.5 Å². The fourth-order valence-corrected chi connectivity index (χ4v) is 2.31. The maximum absolute atomic E-state index is 11.6. The van der Waals surface area contributed by atoms with E-state index in [2.05, 4.69) is 62.5 Å². The zero-order chi connectivity index (χ0) is 17.9. The van der Waals surface area contributed by atoms with E-state index >= 15 is 0 Å². The van der Waals surface area contributed by atoms with Crippen LogP contribution in [0.3, 0.4) is 0 Å². The van der Waals surface area contributed by atoms with Crippen molar-refractivity contribution in [1.29, 1.82) is 0 Å². The van der Waals surface area contributed by atoms with Crippen molar-refractivity contribution in [3.8, 4) is 0 Å². The molecular formula is C22H39NO. The first kappa shape index (κ1) is 22.7. The van der Waals surface area contributed by atoms with E-state index in [-0.39, 0.29) is 5.91 Å². The minimum absolute atomic E-state index is 0.213. The molecule has 0 saturated carbocycles. The van der Waals surface area contributed by atoms with Crippen LogP contribution in [0.4, 0.5) is 0 Å². The van der Waals surface area contributed by atoms with Crippen molar-refractivity contribution < 1.29 is 4.79 Å². The van der Waals surface area contributed by atoms with E-state index in [1.54, 1.807) is 0 Å². The van der Waals surface area contributed by atoms with Crippen LogP contribution in [-0.2, 0) is 4.79 Å². The molecule has 0 aromatic heterocycles. The molecule has 0 heterocycles. The van der Waals surface area contributed by atoms with Gasteiger partial charge in [-0.15, -0.1) is 0 Å². The van der Waals surface area contributed by atoms with Gasteiger partial charge >= 0.3 is 0 Å². The lowest BCUT2D eigenvalue weighted by Gasteiger charge is -2.07. The molecule has 2 heteroatoms. The summed E-state index contributed by atoms with van der Waals surface area (Å²) in [6.07, 6.45) is 24.5. The van der Waals surface area contributed by atoms with Crippen molar-refractivity contribution >= 4 is 5.91 Å². The summed E-state index contributed by atoms with van der Waals surface area (Å²) in [7, 11) is 0. The molecule has 0 aliphatic heterocycles. The van der Waals surface area contributed by atoms with Crippen LogP contribution in [0.2, 0.25) is 0 Å². The van der Waals surface area contributed by atoms with E-state index in [0.717, 1.165) is 32.2 Å². The molecule has 0 fully saturated rings. The molecule has 0 bridgehead atoms. The first-order valence-electron chi connectivity index (χ1n) is 9.88. The monoisotopic (exact) mass is 333 g/mol. The molecule has 2 nitrogen and oxygen atoms in total. The highest BCUT2D eigenvalue weighted by Gasteiger charge is 2.01. The Bertz CT molecular complexity index is 366. The minimum Gasteiger partial charge on any atom is -0.356 e. The van der Waals surface area contributed by atoms with E-state index < -0.39 is 0 Å². The van der Waals surface area contributed by atoms with Crippen LogP contribution < -0.4 is 5.32 Å². The van der Waals surface area contributed by atoms with Crippen molar-refractivity contribution in [2.24, 2.45) is 5.92 Å². The van der Waals surface area contributed by atoms with Crippen LogP contribution in [0.25, 0.3) is 0 Å². The number of carbonyl (C=O) groups excluding carboxylic acids is 1. The van der Waals surface area contributed by atoms with Crippen molar-refractivity contribution in [3.05, 3.63) is 36.5 Å². The Morgan fingerprint density at radius 2 is 1.42 bits per heavy atom. The number of rotatable bonds is 15. The molecule has 0 spiro atoms. The SMILES string of the molecule is CCC=CCC=CCC=CCCCCCCCC(=O)NCC(C)C. The maximum Gasteiger partial charge on any atom is 0.220 e. The highest BCUT2D eigenvalue weighted by Crippen LogP contribution is 2.08. The molecule has 0 aromatic carbocycles. The molecule has 138 valence electrons. The summed E-state index contributed by atoms with van der Waals surface area (Å²) in [5.41, 5.74) is 0.